The Kier molecular flexibility index (Phi) is 4.10. The molecule has 2 aromatic rings. The van der Waals surface area contributed by atoms with E-state index >= 15 is 0 Å². The summed E-state index contributed by atoms with van der Waals surface area (Å²) in [7, 11) is 0. The highest BCUT2D eigenvalue weighted by molar-refractivity contribution is 6.34. The number of nitrogen functional groups attached to an aromatic ring is 1. The number of nitrogens with two attached hydrogens (primary N) is 1. The van der Waals surface area contributed by atoms with Gasteiger partial charge in [-0.15, -0.1) is 0 Å². The maximum Gasteiger partial charge on any atom is 0.275 e. The van der Waals surface area contributed by atoms with E-state index < -0.39 is 5.91 Å². The second-order valence-corrected chi connectivity index (χ2v) is 4.10. The molecule has 8 heteroatoms. The van der Waals surface area contributed by atoms with Crippen LogP contribution in [0.5, 0.6) is 0 Å². The molecule has 0 aliphatic heterocycles. The highest BCUT2D eigenvalue weighted by atomic mass is 35.5. The van der Waals surface area contributed by atoms with Crippen LogP contribution in [0.3, 0.4) is 0 Å². The van der Waals surface area contributed by atoms with Gasteiger partial charge in [0.15, 0.2) is 5.82 Å². The summed E-state index contributed by atoms with van der Waals surface area (Å²) in [6, 6.07) is 6.50. The standard InChI is InChI=1S/C12H9ClN6O/c13-8-3-7(4-14)1-2-9(8)18-12(20)10-5-16-6-11(17-10)19-15/h1-3,5-6H,15H2,(H,17,19)(H,18,20). The van der Waals surface area contributed by atoms with E-state index in [1.165, 1.54) is 24.5 Å². The lowest BCUT2D eigenvalue weighted by Gasteiger charge is -2.07. The summed E-state index contributed by atoms with van der Waals surface area (Å²) in [5.41, 5.74) is 3.16. The molecule has 0 unspecified atom stereocenters. The molecule has 0 radical (unpaired) electrons. The number of halogens is 1. The van der Waals surface area contributed by atoms with Crippen LogP contribution in [0, 0.1) is 11.3 Å². The fourth-order valence-electron chi connectivity index (χ4n) is 1.42. The van der Waals surface area contributed by atoms with Crippen molar-refractivity contribution >= 4 is 29.0 Å². The summed E-state index contributed by atoms with van der Waals surface area (Å²) >= 11 is 5.96. The van der Waals surface area contributed by atoms with Gasteiger partial charge in [0.1, 0.15) is 5.69 Å². The van der Waals surface area contributed by atoms with Gasteiger partial charge in [0.2, 0.25) is 0 Å². The minimum Gasteiger partial charge on any atom is -0.319 e. The molecule has 2 rings (SSSR count). The number of anilines is 2. The highest BCUT2D eigenvalue weighted by Gasteiger charge is 2.11. The van der Waals surface area contributed by atoms with Crippen LogP contribution in [0.4, 0.5) is 11.5 Å². The van der Waals surface area contributed by atoms with E-state index in [1.807, 2.05) is 6.07 Å². The van der Waals surface area contributed by atoms with E-state index in [9.17, 15) is 4.79 Å². The summed E-state index contributed by atoms with van der Waals surface area (Å²) < 4.78 is 0. The molecule has 20 heavy (non-hydrogen) atoms. The zero-order chi connectivity index (χ0) is 14.5. The molecular weight excluding hydrogens is 280 g/mol. The van der Waals surface area contributed by atoms with Gasteiger partial charge in [0.25, 0.3) is 5.91 Å². The van der Waals surface area contributed by atoms with Gasteiger partial charge in [-0.3, -0.25) is 9.78 Å². The molecule has 1 aromatic heterocycles. The van der Waals surface area contributed by atoms with Crippen LogP contribution in [0.2, 0.25) is 5.02 Å². The van der Waals surface area contributed by atoms with Crippen LogP contribution < -0.4 is 16.6 Å². The molecule has 0 fully saturated rings. The monoisotopic (exact) mass is 288 g/mol. The number of nitriles is 1. The van der Waals surface area contributed by atoms with E-state index in [-0.39, 0.29) is 16.5 Å². The summed E-state index contributed by atoms with van der Waals surface area (Å²) in [6.07, 6.45) is 2.68. The Hall–Kier alpha value is -2.69. The average molecular weight is 289 g/mol. The molecule has 0 spiro atoms. The maximum absolute atomic E-state index is 12.0. The Balaban J connectivity index is 2.21. The number of rotatable bonds is 3. The first-order valence-electron chi connectivity index (χ1n) is 5.43. The summed E-state index contributed by atoms with van der Waals surface area (Å²) in [6.45, 7) is 0. The smallest absolute Gasteiger partial charge is 0.275 e. The van der Waals surface area contributed by atoms with Gasteiger partial charge < -0.3 is 10.7 Å². The third-order valence-electron chi connectivity index (χ3n) is 2.36. The van der Waals surface area contributed by atoms with Crippen LogP contribution in [-0.2, 0) is 0 Å². The summed E-state index contributed by atoms with van der Waals surface area (Å²) in [4.78, 5) is 19.8. The van der Waals surface area contributed by atoms with Gasteiger partial charge >= 0.3 is 0 Å². The first-order chi connectivity index (χ1) is 9.63. The van der Waals surface area contributed by atoms with Gasteiger partial charge in [-0.25, -0.2) is 10.8 Å². The number of amides is 1. The molecule has 100 valence electrons. The van der Waals surface area contributed by atoms with E-state index in [0.717, 1.165) is 0 Å². The highest BCUT2D eigenvalue weighted by Crippen LogP contribution is 2.23. The van der Waals surface area contributed by atoms with Crippen molar-refractivity contribution in [1.82, 2.24) is 9.97 Å². The Morgan fingerprint density at radius 3 is 2.85 bits per heavy atom. The number of nitrogens with one attached hydrogen (secondary N) is 2. The number of hydrogen-bond donors (Lipinski definition) is 3. The minimum absolute atomic E-state index is 0.0841. The maximum atomic E-state index is 12.0. The van der Waals surface area contributed by atoms with E-state index in [0.29, 0.717) is 11.3 Å². The molecule has 4 N–H and O–H groups in total. The zero-order valence-corrected chi connectivity index (χ0v) is 10.8. The number of nitrogens with zero attached hydrogens (tertiary/aromatic N) is 3. The van der Waals surface area contributed by atoms with Crippen LogP contribution >= 0.6 is 11.6 Å². The lowest BCUT2D eigenvalue weighted by Crippen LogP contribution is -2.17. The molecule has 0 saturated heterocycles. The van der Waals surface area contributed by atoms with E-state index in [1.54, 1.807) is 6.07 Å². The van der Waals surface area contributed by atoms with E-state index in [2.05, 4.69) is 20.7 Å². The second kappa shape index (κ2) is 5.97. The Bertz CT molecular complexity index is 697. The number of carbonyl (C=O) groups excluding carboxylic acids is 1. The number of benzene rings is 1. The number of hydrogen-bond acceptors (Lipinski definition) is 6. The molecular formula is C12H9ClN6O. The quantitative estimate of drug-likeness (QED) is 0.582. The normalized spacial score (nSPS) is 9.65. The molecule has 0 atom stereocenters. The van der Waals surface area contributed by atoms with Crippen molar-refractivity contribution in [2.24, 2.45) is 5.84 Å². The van der Waals surface area contributed by atoms with Crippen LogP contribution in [0.15, 0.2) is 30.6 Å². The fourth-order valence-corrected chi connectivity index (χ4v) is 1.65. The van der Waals surface area contributed by atoms with Crippen molar-refractivity contribution in [2.75, 3.05) is 10.7 Å². The largest absolute Gasteiger partial charge is 0.319 e. The number of aromatic nitrogens is 2. The Morgan fingerprint density at radius 1 is 1.40 bits per heavy atom. The lowest BCUT2D eigenvalue weighted by molar-refractivity contribution is 0.102. The molecule has 0 aliphatic rings. The third kappa shape index (κ3) is 3.00. The Morgan fingerprint density at radius 2 is 2.20 bits per heavy atom. The second-order valence-electron chi connectivity index (χ2n) is 3.69. The van der Waals surface area contributed by atoms with Gasteiger partial charge in [-0.1, -0.05) is 11.6 Å². The molecule has 0 aliphatic carbocycles. The van der Waals surface area contributed by atoms with Gasteiger partial charge in [0.05, 0.1) is 34.7 Å². The number of hydrazine groups is 1. The summed E-state index contributed by atoms with van der Waals surface area (Å²) in [5, 5.41) is 11.6. The van der Waals surface area contributed by atoms with Crippen molar-refractivity contribution in [2.45, 2.75) is 0 Å². The van der Waals surface area contributed by atoms with Crippen molar-refractivity contribution < 1.29 is 4.79 Å². The molecule has 1 heterocycles. The van der Waals surface area contributed by atoms with Crippen molar-refractivity contribution in [3.8, 4) is 6.07 Å². The first kappa shape index (κ1) is 13.7. The fraction of sp³-hybridized carbons (Fsp3) is 0. The predicted octanol–water partition coefficient (Wildman–Crippen LogP) is 1.54. The number of carbonyl (C=O) groups is 1. The SMILES string of the molecule is N#Cc1ccc(NC(=O)c2cncc(NN)n2)c(Cl)c1. The van der Waals surface area contributed by atoms with Crippen molar-refractivity contribution in [3.05, 3.63) is 46.9 Å². The molecule has 0 bridgehead atoms. The topological polar surface area (TPSA) is 117 Å². The van der Waals surface area contributed by atoms with Crippen molar-refractivity contribution in [1.29, 1.82) is 5.26 Å². The van der Waals surface area contributed by atoms with Gasteiger partial charge in [-0.2, -0.15) is 5.26 Å². The van der Waals surface area contributed by atoms with Gasteiger partial charge in [-0.05, 0) is 18.2 Å². The van der Waals surface area contributed by atoms with Gasteiger partial charge in [0, 0.05) is 0 Å². The zero-order valence-electron chi connectivity index (χ0n) is 10.1. The van der Waals surface area contributed by atoms with Crippen LogP contribution in [-0.4, -0.2) is 15.9 Å². The first-order valence-corrected chi connectivity index (χ1v) is 5.81. The lowest BCUT2D eigenvalue weighted by atomic mass is 10.2. The van der Waals surface area contributed by atoms with Crippen LogP contribution in [0.1, 0.15) is 16.1 Å². The molecule has 1 aromatic carbocycles. The molecule has 7 nitrogen and oxygen atoms in total. The predicted molar refractivity (Wildman–Crippen MR) is 74.0 cm³/mol. The van der Waals surface area contributed by atoms with Crippen molar-refractivity contribution in [3.63, 3.8) is 0 Å². The molecule has 1 amide bonds. The Labute approximate surface area is 119 Å². The van der Waals surface area contributed by atoms with E-state index in [4.69, 9.17) is 22.7 Å². The van der Waals surface area contributed by atoms with Crippen LogP contribution in [0.25, 0.3) is 0 Å². The third-order valence-corrected chi connectivity index (χ3v) is 2.67. The summed E-state index contributed by atoms with van der Waals surface area (Å²) in [5.74, 6) is 4.97. The molecule has 0 saturated carbocycles. The average Bonchev–Trinajstić information content (AvgIpc) is 2.49. The minimum atomic E-state index is -0.485.